The van der Waals surface area contributed by atoms with E-state index in [0.717, 1.165) is 12.5 Å². The number of rotatable bonds is 4. The molecule has 0 saturated heterocycles. The largest absolute Gasteiger partial charge is 0.330 e. The van der Waals surface area contributed by atoms with Crippen LogP contribution in [0.25, 0.3) is 0 Å². The van der Waals surface area contributed by atoms with Crippen LogP contribution in [0.3, 0.4) is 0 Å². The van der Waals surface area contributed by atoms with Gasteiger partial charge in [0.1, 0.15) is 0 Å². The third kappa shape index (κ3) is 2.78. The Kier molecular flexibility index (Phi) is 3.73. The molecule has 1 aliphatic carbocycles. The highest BCUT2D eigenvalue weighted by Gasteiger charge is 2.20. The summed E-state index contributed by atoms with van der Waals surface area (Å²) in [6.45, 7) is 0.730. The van der Waals surface area contributed by atoms with E-state index in [4.69, 9.17) is 5.73 Å². The van der Waals surface area contributed by atoms with Crippen LogP contribution in [0.1, 0.15) is 43.7 Å². The molecular weight excluding hydrogens is 184 g/mol. The van der Waals surface area contributed by atoms with Crippen molar-refractivity contribution in [2.75, 3.05) is 6.54 Å². The molecule has 15 heavy (non-hydrogen) atoms. The number of hydrogen-bond donors (Lipinski definition) is 1. The Hall–Kier alpha value is -0.890. The fourth-order valence-electron chi connectivity index (χ4n) is 2.60. The molecule has 2 heteroatoms. The molecule has 1 atom stereocenters. The van der Waals surface area contributed by atoms with Gasteiger partial charge in [-0.05, 0) is 24.5 Å². The first-order valence-corrected chi connectivity index (χ1v) is 6.01. The zero-order valence-corrected chi connectivity index (χ0v) is 9.23. The second-order valence-electron chi connectivity index (χ2n) is 4.57. The Balaban J connectivity index is 1.97. The number of nitrogens with zero attached hydrogens (tertiary/aromatic N) is 1. The van der Waals surface area contributed by atoms with Crippen LogP contribution in [0.2, 0.25) is 0 Å². The lowest BCUT2D eigenvalue weighted by Crippen LogP contribution is -2.16. The monoisotopic (exact) mass is 204 g/mol. The van der Waals surface area contributed by atoms with Gasteiger partial charge in [0, 0.05) is 24.4 Å². The van der Waals surface area contributed by atoms with Crippen molar-refractivity contribution in [2.45, 2.75) is 38.0 Å². The van der Waals surface area contributed by atoms with E-state index in [1.54, 1.807) is 0 Å². The fourth-order valence-corrected chi connectivity index (χ4v) is 2.60. The predicted molar refractivity (Wildman–Crippen MR) is 62.6 cm³/mol. The van der Waals surface area contributed by atoms with Crippen LogP contribution >= 0.6 is 0 Å². The molecule has 1 aliphatic rings. The van der Waals surface area contributed by atoms with Crippen LogP contribution in [-0.2, 0) is 0 Å². The van der Waals surface area contributed by atoms with Gasteiger partial charge in [-0.3, -0.25) is 4.98 Å². The molecule has 2 rings (SSSR count). The van der Waals surface area contributed by atoms with Crippen molar-refractivity contribution in [3.63, 3.8) is 0 Å². The average molecular weight is 204 g/mol. The summed E-state index contributed by atoms with van der Waals surface area (Å²) in [7, 11) is 0. The van der Waals surface area contributed by atoms with E-state index in [9.17, 15) is 0 Å². The summed E-state index contributed by atoms with van der Waals surface area (Å²) < 4.78 is 0. The molecule has 0 amide bonds. The van der Waals surface area contributed by atoms with Gasteiger partial charge < -0.3 is 5.73 Å². The summed E-state index contributed by atoms with van der Waals surface area (Å²) in [6, 6.07) is 6.12. The van der Waals surface area contributed by atoms with Gasteiger partial charge in [0.25, 0.3) is 0 Å². The van der Waals surface area contributed by atoms with Gasteiger partial charge in [0.05, 0.1) is 0 Å². The van der Waals surface area contributed by atoms with Crippen molar-refractivity contribution in [2.24, 2.45) is 11.7 Å². The number of hydrogen-bond acceptors (Lipinski definition) is 2. The summed E-state index contributed by atoms with van der Waals surface area (Å²) >= 11 is 0. The molecular formula is C13H20N2. The second-order valence-corrected chi connectivity index (χ2v) is 4.57. The Morgan fingerprint density at radius 2 is 2.13 bits per heavy atom. The lowest BCUT2D eigenvalue weighted by atomic mass is 9.91. The molecule has 0 bridgehead atoms. The van der Waals surface area contributed by atoms with Crippen molar-refractivity contribution in [1.82, 2.24) is 4.98 Å². The van der Waals surface area contributed by atoms with Crippen LogP contribution in [0.4, 0.5) is 0 Å². The summed E-state index contributed by atoms with van der Waals surface area (Å²) in [6.07, 6.45) is 8.70. The molecule has 2 nitrogen and oxygen atoms in total. The molecule has 1 aromatic rings. The van der Waals surface area contributed by atoms with Gasteiger partial charge in [0.15, 0.2) is 0 Å². The molecule has 0 radical (unpaired) electrons. The molecule has 0 spiro atoms. The zero-order chi connectivity index (χ0) is 10.5. The van der Waals surface area contributed by atoms with Gasteiger partial charge in [-0.1, -0.05) is 31.7 Å². The van der Waals surface area contributed by atoms with Crippen LogP contribution in [0, 0.1) is 5.92 Å². The Morgan fingerprint density at radius 3 is 2.73 bits per heavy atom. The highest BCUT2D eigenvalue weighted by Crippen LogP contribution is 2.32. The van der Waals surface area contributed by atoms with Crippen molar-refractivity contribution in [3.8, 4) is 0 Å². The fraction of sp³-hybridized carbons (Fsp3) is 0.615. The quantitative estimate of drug-likeness (QED) is 0.819. The van der Waals surface area contributed by atoms with E-state index in [-0.39, 0.29) is 0 Å². The molecule has 0 aromatic carbocycles. The second kappa shape index (κ2) is 5.26. The van der Waals surface area contributed by atoms with Crippen molar-refractivity contribution >= 4 is 0 Å². The minimum Gasteiger partial charge on any atom is -0.330 e. The first-order chi connectivity index (χ1) is 7.40. The van der Waals surface area contributed by atoms with E-state index in [1.807, 2.05) is 12.3 Å². The van der Waals surface area contributed by atoms with Crippen LogP contribution in [0.15, 0.2) is 24.4 Å². The maximum atomic E-state index is 5.84. The topological polar surface area (TPSA) is 38.9 Å². The van der Waals surface area contributed by atoms with Gasteiger partial charge in [-0.15, -0.1) is 0 Å². The highest BCUT2D eigenvalue weighted by atomic mass is 14.7. The lowest BCUT2D eigenvalue weighted by Gasteiger charge is -2.18. The molecule has 1 aromatic heterocycles. The molecule has 0 aliphatic heterocycles. The van der Waals surface area contributed by atoms with Gasteiger partial charge in [-0.25, -0.2) is 0 Å². The lowest BCUT2D eigenvalue weighted by molar-refractivity contribution is 0.443. The molecule has 82 valence electrons. The van der Waals surface area contributed by atoms with Crippen molar-refractivity contribution < 1.29 is 0 Å². The predicted octanol–water partition coefficient (Wildman–Crippen LogP) is 2.70. The molecule has 1 heterocycles. The SMILES string of the molecule is NCC(CC1CCCC1)c1ccccn1. The maximum Gasteiger partial charge on any atom is 0.0447 e. The zero-order valence-electron chi connectivity index (χ0n) is 9.23. The van der Waals surface area contributed by atoms with Gasteiger partial charge in [0.2, 0.25) is 0 Å². The Morgan fingerprint density at radius 1 is 1.33 bits per heavy atom. The maximum absolute atomic E-state index is 5.84. The standard InChI is InChI=1S/C13H20N2/c14-10-12(9-11-5-1-2-6-11)13-7-3-4-8-15-13/h3-4,7-8,11-12H,1-2,5-6,9-10,14H2. The Labute approximate surface area is 91.9 Å². The molecule has 1 unspecified atom stereocenters. The summed E-state index contributed by atoms with van der Waals surface area (Å²) in [5.74, 6) is 1.36. The first kappa shape index (κ1) is 10.6. The smallest absolute Gasteiger partial charge is 0.0447 e. The van der Waals surface area contributed by atoms with E-state index in [2.05, 4.69) is 17.1 Å². The molecule has 1 fully saturated rings. The summed E-state index contributed by atoms with van der Waals surface area (Å²) in [5, 5.41) is 0. The third-order valence-corrected chi connectivity index (χ3v) is 3.48. The highest BCUT2D eigenvalue weighted by molar-refractivity contribution is 5.10. The van der Waals surface area contributed by atoms with E-state index >= 15 is 0 Å². The summed E-state index contributed by atoms with van der Waals surface area (Å²) in [5.41, 5.74) is 7.02. The van der Waals surface area contributed by atoms with E-state index < -0.39 is 0 Å². The molecule has 2 N–H and O–H groups in total. The Bertz CT molecular complexity index is 278. The molecule has 1 saturated carbocycles. The average Bonchev–Trinajstić information content (AvgIpc) is 2.80. The normalized spacial score (nSPS) is 19.3. The minimum atomic E-state index is 0.467. The van der Waals surface area contributed by atoms with Gasteiger partial charge >= 0.3 is 0 Å². The van der Waals surface area contributed by atoms with E-state index in [0.29, 0.717) is 5.92 Å². The van der Waals surface area contributed by atoms with Crippen molar-refractivity contribution in [3.05, 3.63) is 30.1 Å². The number of aromatic nitrogens is 1. The van der Waals surface area contributed by atoms with Crippen LogP contribution in [-0.4, -0.2) is 11.5 Å². The summed E-state index contributed by atoms with van der Waals surface area (Å²) in [4.78, 5) is 4.41. The third-order valence-electron chi connectivity index (χ3n) is 3.48. The van der Waals surface area contributed by atoms with Crippen molar-refractivity contribution in [1.29, 1.82) is 0 Å². The van der Waals surface area contributed by atoms with E-state index in [1.165, 1.54) is 37.8 Å². The number of nitrogens with two attached hydrogens (primary N) is 1. The number of pyridine rings is 1. The van der Waals surface area contributed by atoms with Crippen LogP contribution < -0.4 is 5.73 Å². The van der Waals surface area contributed by atoms with Crippen LogP contribution in [0.5, 0.6) is 0 Å². The van der Waals surface area contributed by atoms with Gasteiger partial charge in [-0.2, -0.15) is 0 Å². The first-order valence-electron chi connectivity index (χ1n) is 6.01. The minimum absolute atomic E-state index is 0.467.